The molecule has 0 saturated carbocycles. The lowest BCUT2D eigenvalue weighted by molar-refractivity contribution is 0.536. The summed E-state index contributed by atoms with van der Waals surface area (Å²) >= 11 is -2.10. The molecule has 1 heterocycles. The molecule has 27 heavy (non-hydrogen) atoms. The quantitative estimate of drug-likeness (QED) is 0.654. The van der Waals surface area contributed by atoms with Gasteiger partial charge in [0, 0.05) is 17.2 Å². The molecule has 138 valence electrons. The maximum absolute atomic E-state index is 10.8. The van der Waals surface area contributed by atoms with E-state index < -0.39 is 11.1 Å². The number of nitriles is 1. The fraction of sp³-hybridized carbons (Fsp3) is 0.250. The van der Waals surface area contributed by atoms with Gasteiger partial charge in [-0.05, 0) is 42.2 Å². The number of hydrogen-bond donors (Lipinski definition) is 1. The Morgan fingerprint density at radius 1 is 1.19 bits per heavy atom. The van der Waals surface area contributed by atoms with Crippen molar-refractivity contribution in [1.29, 1.82) is 5.26 Å². The Balaban J connectivity index is 2.00. The second-order valence-electron chi connectivity index (χ2n) is 6.37. The topological polar surface area (TPSA) is 102 Å². The largest absolute Gasteiger partial charge is 0.772 e. The van der Waals surface area contributed by atoms with E-state index >= 15 is 0 Å². The van der Waals surface area contributed by atoms with Gasteiger partial charge in [0.15, 0.2) is 5.69 Å². The van der Waals surface area contributed by atoms with Crippen LogP contribution in [0.4, 0.5) is 5.69 Å². The number of rotatable bonds is 6. The first-order chi connectivity index (χ1) is 13.0. The zero-order chi connectivity index (χ0) is 19.4. The monoisotopic (exact) mass is 379 g/mol. The summed E-state index contributed by atoms with van der Waals surface area (Å²) in [5, 5.41) is 21.8. The molecule has 0 aliphatic carbocycles. The van der Waals surface area contributed by atoms with Crippen molar-refractivity contribution in [2.45, 2.75) is 32.1 Å². The molecule has 0 amide bonds. The van der Waals surface area contributed by atoms with Crippen LogP contribution in [0.2, 0.25) is 0 Å². The maximum atomic E-state index is 10.8. The highest BCUT2D eigenvalue weighted by Crippen LogP contribution is 2.29. The Kier molecular flexibility index (Phi) is 5.79. The summed E-state index contributed by atoms with van der Waals surface area (Å²) in [4.78, 5) is 0. The second kappa shape index (κ2) is 8.25. The molecular weight excluding hydrogens is 360 g/mol. The van der Waals surface area contributed by atoms with Crippen LogP contribution in [-0.4, -0.2) is 25.0 Å². The van der Waals surface area contributed by atoms with Crippen LogP contribution < -0.4 is 5.32 Å². The molecule has 1 unspecified atom stereocenters. The average Bonchev–Trinajstić information content (AvgIpc) is 2.67. The maximum Gasteiger partial charge on any atom is 0.186 e. The van der Waals surface area contributed by atoms with Gasteiger partial charge in [-0.25, -0.2) is 0 Å². The lowest BCUT2D eigenvalue weighted by Crippen LogP contribution is -2.15. The van der Waals surface area contributed by atoms with E-state index in [2.05, 4.69) is 35.4 Å². The Labute approximate surface area is 160 Å². The average molecular weight is 379 g/mol. The van der Waals surface area contributed by atoms with Crippen LogP contribution in [0.15, 0.2) is 42.5 Å². The van der Waals surface area contributed by atoms with E-state index in [4.69, 9.17) is 0 Å². The minimum absolute atomic E-state index is 0.00501. The van der Waals surface area contributed by atoms with Gasteiger partial charge in [0.2, 0.25) is 0 Å². The van der Waals surface area contributed by atoms with E-state index in [1.807, 2.05) is 30.3 Å². The summed E-state index contributed by atoms with van der Waals surface area (Å²) in [6.45, 7) is 4.13. The highest BCUT2D eigenvalue weighted by Gasteiger charge is 2.13. The third kappa shape index (κ3) is 4.30. The van der Waals surface area contributed by atoms with E-state index in [0.717, 1.165) is 28.5 Å². The number of benzene rings is 2. The van der Waals surface area contributed by atoms with Crippen LogP contribution in [-0.2, 0) is 16.8 Å². The van der Waals surface area contributed by atoms with Gasteiger partial charge in [-0.2, -0.15) is 5.26 Å². The molecule has 2 aromatic carbocycles. The van der Waals surface area contributed by atoms with E-state index in [1.165, 1.54) is 0 Å². The minimum atomic E-state index is -2.10. The SMILES string of the molecule is CC[C@@H](C)Nc1c(C#N)nnc2cc(-c3ccc(CS(=O)[O-])cc3)ccc12. The molecule has 1 aromatic heterocycles. The molecule has 0 saturated heterocycles. The van der Waals surface area contributed by atoms with Crippen molar-refractivity contribution in [3.8, 4) is 17.2 Å². The van der Waals surface area contributed by atoms with Gasteiger partial charge in [0.05, 0.1) is 11.2 Å². The second-order valence-corrected chi connectivity index (χ2v) is 7.26. The molecule has 0 spiro atoms. The van der Waals surface area contributed by atoms with E-state index in [9.17, 15) is 14.0 Å². The van der Waals surface area contributed by atoms with Crippen LogP contribution in [0, 0.1) is 11.3 Å². The lowest BCUT2D eigenvalue weighted by atomic mass is 10.0. The normalized spacial score (nSPS) is 13.1. The molecule has 0 aliphatic heterocycles. The molecule has 0 fully saturated rings. The van der Waals surface area contributed by atoms with Crippen molar-refractivity contribution < 1.29 is 8.76 Å². The summed E-state index contributed by atoms with van der Waals surface area (Å²) in [5.41, 5.74) is 4.33. The predicted molar refractivity (Wildman–Crippen MR) is 106 cm³/mol. The van der Waals surface area contributed by atoms with Crippen molar-refractivity contribution in [2.24, 2.45) is 0 Å². The van der Waals surface area contributed by atoms with Crippen molar-refractivity contribution in [1.82, 2.24) is 10.2 Å². The van der Waals surface area contributed by atoms with Crippen molar-refractivity contribution in [2.75, 3.05) is 5.32 Å². The first-order valence-electron chi connectivity index (χ1n) is 8.64. The van der Waals surface area contributed by atoms with Crippen LogP contribution in [0.5, 0.6) is 0 Å². The molecule has 0 bridgehead atoms. The number of nitrogens with zero attached hydrogens (tertiary/aromatic N) is 3. The summed E-state index contributed by atoms with van der Waals surface area (Å²) < 4.78 is 21.6. The van der Waals surface area contributed by atoms with Crippen molar-refractivity contribution >= 4 is 27.7 Å². The van der Waals surface area contributed by atoms with Gasteiger partial charge in [0.1, 0.15) is 6.07 Å². The van der Waals surface area contributed by atoms with Gasteiger partial charge < -0.3 is 9.87 Å². The Bertz CT molecular complexity index is 1030. The molecule has 0 aliphatic rings. The molecule has 0 radical (unpaired) electrons. The van der Waals surface area contributed by atoms with Crippen LogP contribution in [0.25, 0.3) is 22.0 Å². The fourth-order valence-electron chi connectivity index (χ4n) is 2.79. The Morgan fingerprint density at radius 2 is 1.89 bits per heavy atom. The third-order valence-corrected chi connectivity index (χ3v) is 5.01. The van der Waals surface area contributed by atoms with Crippen LogP contribution in [0.3, 0.4) is 0 Å². The summed E-state index contributed by atoms with van der Waals surface area (Å²) in [7, 11) is 0. The van der Waals surface area contributed by atoms with Gasteiger partial charge in [-0.3, -0.25) is 4.21 Å². The zero-order valence-corrected chi connectivity index (χ0v) is 15.9. The van der Waals surface area contributed by atoms with E-state index in [1.54, 1.807) is 12.1 Å². The third-order valence-electron chi connectivity index (χ3n) is 4.44. The predicted octanol–water partition coefficient (Wildman–Crippen LogP) is 3.76. The van der Waals surface area contributed by atoms with Gasteiger partial charge in [-0.15, -0.1) is 10.2 Å². The van der Waals surface area contributed by atoms with Crippen LogP contribution in [0.1, 0.15) is 31.5 Å². The number of hydrogen-bond acceptors (Lipinski definition) is 6. The molecule has 2 atom stereocenters. The first-order valence-corrected chi connectivity index (χ1v) is 9.88. The van der Waals surface area contributed by atoms with E-state index in [0.29, 0.717) is 11.2 Å². The Hall–Kier alpha value is -2.82. The minimum Gasteiger partial charge on any atom is -0.772 e. The summed E-state index contributed by atoms with van der Waals surface area (Å²) in [6.07, 6.45) is 0.924. The van der Waals surface area contributed by atoms with Crippen molar-refractivity contribution in [3.63, 3.8) is 0 Å². The fourth-order valence-corrected chi connectivity index (χ4v) is 3.25. The molecule has 3 aromatic rings. The van der Waals surface area contributed by atoms with Crippen LogP contribution >= 0.6 is 0 Å². The summed E-state index contributed by atoms with van der Waals surface area (Å²) in [5.74, 6) is 0.00501. The molecular formula is C20H19N4O2S-. The number of anilines is 1. The van der Waals surface area contributed by atoms with Crippen molar-refractivity contribution in [3.05, 3.63) is 53.7 Å². The Morgan fingerprint density at radius 3 is 2.52 bits per heavy atom. The summed E-state index contributed by atoms with van der Waals surface area (Å²) in [6, 6.07) is 15.5. The van der Waals surface area contributed by atoms with Gasteiger partial charge >= 0.3 is 0 Å². The van der Waals surface area contributed by atoms with E-state index in [-0.39, 0.29) is 17.5 Å². The number of fused-ring (bicyclic) bond motifs is 1. The standard InChI is InChI=1S/C20H20N4O2S/c1-3-13(2)22-20-17-9-8-16(10-18(17)23-24-19(20)11-21)15-6-4-14(5-7-15)12-27(25)26/h4-10,13H,3,12H2,1-2H3,(H,22,23)(H,25,26)/p-1/t13-/m1/s1. The molecule has 3 rings (SSSR count). The zero-order valence-electron chi connectivity index (χ0n) is 15.1. The van der Waals surface area contributed by atoms with Gasteiger partial charge in [0.25, 0.3) is 0 Å². The number of aromatic nitrogens is 2. The molecule has 1 N–H and O–H groups in total. The highest BCUT2D eigenvalue weighted by atomic mass is 32.2. The first kappa shape index (κ1) is 19.0. The molecule has 6 nitrogen and oxygen atoms in total. The van der Waals surface area contributed by atoms with Gasteiger partial charge in [-0.1, -0.05) is 48.3 Å². The lowest BCUT2D eigenvalue weighted by Gasteiger charge is -2.16. The number of nitrogens with one attached hydrogen (secondary N) is 1. The molecule has 7 heteroatoms. The highest BCUT2D eigenvalue weighted by molar-refractivity contribution is 7.78. The smallest absolute Gasteiger partial charge is 0.186 e.